The van der Waals surface area contributed by atoms with Crippen molar-refractivity contribution in [3.05, 3.63) is 81.2 Å². The van der Waals surface area contributed by atoms with Crippen LogP contribution in [0.1, 0.15) is 33.4 Å². The zero-order valence-electron chi connectivity index (χ0n) is 19.9. The molecule has 4 nitrogen and oxygen atoms in total. The van der Waals surface area contributed by atoms with Crippen molar-refractivity contribution >= 4 is 33.3 Å². The van der Waals surface area contributed by atoms with Gasteiger partial charge < -0.3 is 4.57 Å². The number of aryl methyl sites for hydroxylation is 6. The van der Waals surface area contributed by atoms with E-state index >= 15 is 0 Å². The summed E-state index contributed by atoms with van der Waals surface area (Å²) < 4.78 is 5.73. The lowest BCUT2D eigenvalue weighted by molar-refractivity contribution is 0.872. The van der Waals surface area contributed by atoms with Crippen LogP contribution in [-0.2, 0) is 12.8 Å². The number of rotatable bonds is 5. The zero-order valence-corrected chi connectivity index (χ0v) is 21.6. The monoisotopic (exact) mass is 472 g/mol. The largest absolute Gasteiger partial charge is 0.340 e. The van der Waals surface area contributed by atoms with Gasteiger partial charge in [0.25, 0.3) is 0 Å². The van der Waals surface area contributed by atoms with Gasteiger partial charge >= 0.3 is 0 Å². The van der Waals surface area contributed by atoms with Crippen molar-refractivity contribution in [1.29, 1.82) is 0 Å². The van der Waals surface area contributed by atoms with Crippen LogP contribution in [-0.4, -0.2) is 19.3 Å². The van der Waals surface area contributed by atoms with Gasteiger partial charge in [0.05, 0.1) is 21.6 Å². The predicted molar refractivity (Wildman–Crippen MR) is 141 cm³/mol. The Labute approximate surface area is 203 Å². The molecule has 5 rings (SSSR count). The Bertz CT molecular complexity index is 1460. The molecule has 0 radical (unpaired) electrons. The minimum absolute atomic E-state index is 0.864. The summed E-state index contributed by atoms with van der Waals surface area (Å²) in [6.07, 6.45) is 0. The third-order valence-electron chi connectivity index (χ3n) is 6.32. The van der Waals surface area contributed by atoms with Crippen LogP contribution < -0.4 is 0 Å². The van der Waals surface area contributed by atoms with Crippen LogP contribution in [0.25, 0.3) is 27.4 Å². The molecule has 0 saturated carbocycles. The molecule has 0 aliphatic carbocycles. The molecule has 3 aromatic heterocycles. The van der Waals surface area contributed by atoms with Gasteiger partial charge in [0.2, 0.25) is 0 Å². The van der Waals surface area contributed by atoms with Gasteiger partial charge in [-0.05, 0) is 86.0 Å². The third-order valence-corrected chi connectivity index (χ3v) is 8.13. The van der Waals surface area contributed by atoms with Crippen molar-refractivity contribution in [2.75, 3.05) is 0 Å². The van der Waals surface area contributed by atoms with Crippen molar-refractivity contribution in [2.24, 2.45) is 7.05 Å². The predicted octanol–water partition coefficient (Wildman–Crippen LogP) is 7.32. The molecule has 0 saturated heterocycles. The van der Waals surface area contributed by atoms with E-state index in [2.05, 4.69) is 98.6 Å². The summed E-state index contributed by atoms with van der Waals surface area (Å²) in [6, 6.07) is 15.5. The van der Waals surface area contributed by atoms with Crippen LogP contribution in [0.4, 0.5) is 0 Å². The highest BCUT2D eigenvalue weighted by Gasteiger charge is 2.21. The Balaban J connectivity index is 1.64. The highest BCUT2D eigenvalue weighted by molar-refractivity contribution is 7.98. The van der Waals surface area contributed by atoms with E-state index in [1.54, 1.807) is 23.1 Å². The summed E-state index contributed by atoms with van der Waals surface area (Å²) in [5.41, 5.74) is 11.2. The van der Waals surface area contributed by atoms with E-state index in [9.17, 15) is 0 Å². The summed E-state index contributed by atoms with van der Waals surface area (Å²) in [5, 5.41) is 12.5. The van der Waals surface area contributed by atoms with Crippen LogP contribution in [0.2, 0.25) is 0 Å². The molecule has 0 aliphatic rings. The maximum absolute atomic E-state index is 4.72. The van der Waals surface area contributed by atoms with Crippen molar-refractivity contribution in [3.63, 3.8) is 0 Å². The first-order valence-electron chi connectivity index (χ1n) is 11.1. The van der Waals surface area contributed by atoms with E-state index < -0.39 is 0 Å². The van der Waals surface area contributed by atoms with Crippen LogP contribution in [0.5, 0.6) is 0 Å². The van der Waals surface area contributed by atoms with E-state index in [1.807, 2.05) is 0 Å². The van der Waals surface area contributed by atoms with Gasteiger partial charge in [0.1, 0.15) is 0 Å². The van der Waals surface area contributed by atoms with Crippen LogP contribution in [0.3, 0.4) is 0 Å². The fraction of sp³-hybridized carbons (Fsp3) is 0.259. The number of thiophene rings is 1. The van der Waals surface area contributed by atoms with E-state index in [0.29, 0.717) is 0 Å². The molecule has 0 N–H and O–H groups in total. The van der Waals surface area contributed by atoms with Gasteiger partial charge in [-0.1, -0.05) is 41.6 Å². The molecule has 33 heavy (non-hydrogen) atoms. The second kappa shape index (κ2) is 8.50. The van der Waals surface area contributed by atoms with Gasteiger partial charge in [-0.3, -0.25) is 4.57 Å². The topological polar surface area (TPSA) is 35.6 Å². The smallest absolute Gasteiger partial charge is 0.196 e. The first kappa shape index (κ1) is 22.0. The maximum atomic E-state index is 4.72. The van der Waals surface area contributed by atoms with Crippen LogP contribution in [0.15, 0.2) is 53.0 Å². The standard InChI is InChI=1S/C27H28N4S2/c1-16-7-8-18(3)23(13-16)31-26(24-14-25-22(30(24)6)9-10-32-25)28-29-27(31)33-15-21-19(4)11-17(2)12-20(21)5/h7-14H,15H2,1-6H3. The van der Waals surface area contributed by atoms with Gasteiger partial charge in [-0.2, -0.15) is 0 Å². The van der Waals surface area contributed by atoms with E-state index in [0.717, 1.165) is 28.1 Å². The molecule has 3 heterocycles. The first-order chi connectivity index (χ1) is 15.8. The molecule has 6 heteroatoms. The van der Waals surface area contributed by atoms with Gasteiger partial charge in [-0.15, -0.1) is 21.5 Å². The normalized spacial score (nSPS) is 11.6. The molecule has 2 aromatic carbocycles. The average Bonchev–Trinajstić information content (AvgIpc) is 3.45. The average molecular weight is 473 g/mol. The summed E-state index contributed by atoms with van der Waals surface area (Å²) in [4.78, 5) is 0. The van der Waals surface area contributed by atoms with Crippen molar-refractivity contribution in [2.45, 2.75) is 45.5 Å². The highest BCUT2D eigenvalue weighted by Crippen LogP contribution is 2.35. The summed E-state index contributed by atoms with van der Waals surface area (Å²) in [7, 11) is 2.11. The molecule has 0 fully saturated rings. The van der Waals surface area contributed by atoms with Gasteiger partial charge in [0, 0.05) is 12.8 Å². The molecule has 0 spiro atoms. The fourth-order valence-corrected chi connectivity index (χ4v) is 6.54. The fourth-order valence-electron chi connectivity index (χ4n) is 4.55. The summed E-state index contributed by atoms with van der Waals surface area (Å²) in [6.45, 7) is 10.9. The minimum Gasteiger partial charge on any atom is -0.340 e. The van der Waals surface area contributed by atoms with E-state index in [-0.39, 0.29) is 0 Å². The Morgan fingerprint density at radius 1 is 0.848 bits per heavy atom. The molecule has 5 aromatic rings. The van der Waals surface area contributed by atoms with Crippen LogP contribution >= 0.6 is 23.1 Å². The lowest BCUT2D eigenvalue weighted by Gasteiger charge is -2.15. The van der Waals surface area contributed by atoms with Gasteiger partial charge in [-0.25, -0.2) is 0 Å². The molecule has 0 unspecified atom stereocenters. The number of hydrogen-bond donors (Lipinski definition) is 0. The van der Waals surface area contributed by atoms with E-state index in [1.165, 1.54) is 43.6 Å². The molecule has 168 valence electrons. The molecule has 0 amide bonds. The number of benzene rings is 2. The highest BCUT2D eigenvalue weighted by atomic mass is 32.2. The quantitative estimate of drug-likeness (QED) is 0.251. The van der Waals surface area contributed by atoms with E-state index in [4.69, 9.17) is 10.2 Å². The second-order valence-electron chi connectivity index (χ2n) is 8.86. The minimum atomic E-state index is 0.864. The van der Waals surface area contributed by atoms with Crippen LogP contribution in [0, 0.1) is 34.6 Å². The first-order valence-corrected chi connectivity index (χ1v) is 13.0. The number of hydrogen-bond acceptors (Lipinski definition) is 4. The molecule has 0 aliphatic heterocycles. The SMILES string of the molecule is Cc1cc(C)c(CSc2nnc(-c3cc4sccc4n3C)n2-c2cc(C)ccc2C)c(C)c1. The second-order valence-corrected chi connectivity index (χ2v) is 10.7. The summed E-state index contributed by atoms with van der Waals surface area (Å²) >= 11 is 3.52. The lowest BCUT2D eigenvalue weighted by Crippen LogP contribution is -2.05. The van der Waals surface area contributed by atoms with Crippen molar-refractivity contribution in [3.8, 4) is 17.2 Å². The molecule has 0 atom stereocenters. The number of aromatic nitrogens is 4. The lowest BCUT2D eigenvalue weighted by atomic mass is 10.0. The number of fused-ring (bicyclic) bond motifs is 1. The maximum Gasteiger partial charge on any atom is 0.196 e. The van der Waals surface area contributed by atoms with Crippen molar-refractivity contribution < 1.29 is 0 Å². The Kier molecular flexibility index (Phi) is 5.67. The van der Waals surface area contributed by atoms with Crippen molar-refractivity contribution in [1.82, 2.24) is 19.3 Å². The zero-order chi connectivity index (χ0) is 23.3. The third kappa shape index (κ3) is 3.91. The molecular formula is C27H28N4S2. The molecular weight excluding hydrogens is 444 g/mol. The Hall–Kier alpha value is -2.83. The summed E-state index contributed by atoms with van der Waals surface area (Å²) in [5.74, 6) is 1.75. The number of thioether (sulfide) groups is 1. The number of nitrogens with zero attached hydrogens (tertiary/aromatic N) is 4. The Morgan fingerprint density at radius 3 is 2.33 bits per heavy atom. The molecule has 0 bridgehead atoms. The Morgan fingerprint density at radius 2 is 1.61 bits per heavy atom. The van der Waals surface area contributed by atoms with Gasteiger partial charge in [0.15, 0.2) is 11.0 Å².